The van der Waals surface area contributed by atoms with Crippen molar-refractivity contribution in [1.29, 1.82) is 0 Å². The van der Waals surface area contributed by atoms with Crippen molar-refractivity contribution in [3.05, 3.63) is 206 Å². The zero-order chi connectivity index (χ0) is 38.4. The number of furan rings is 1. The van der Waals surface area contributed by atoms with Crippen molar-refractivity contribution in [3.8, 4) is 45.3 Å². The summed E-state index contributed by atoms with van der Waals surface area (Å²) in [6.07, 6.45) is 0. The van der Waals surface area contributed by atoms with Gasteiger partial charge in [0.15, 0.2) is 17.5 Å². The van der Waals surface area contributed by atoms with Gasteiger partial charge in [0, 0.05) is 33.5 Å². The molecule has 0 atom stereocenters. The average molecular weight is 743 g/mol. The van der Waals surface area contributed by atoms with Crippen LogP contribution in [0.2, 0.25) is 0 Å². The summed E-state index contributed by atoms with van der Waals surface area (Å²) in [4.78, 5) is 17.7. The van der Waals surface area contributed by atoms with Gasteiger partial charge in [0.1, 0.15) is 11.2 Å². The zero-order valence-electron chi connectivity index (χ0n) is 31.3. The third-order valence-corrected chi connectivity index (χ3v) is 10.8. The average Bonchev–Trinajstić information content (AvgIpc) is 3.66. The second kappa shape index (κ2) is 14.0. The molecular formula is C53H34N4O. The number of hydrogen-bond acceptors (Lipinski definition) is 5. The maximum atomic E-state index is 6.80. The van der Waals surface area contributed by atoms with E-state index < -0.39 is 0 Å². The predicted octanol–water partition coefficient (Wildman–Crippen LogP) is 14.2. The highest BCUT2D eigenvalue weighted by molar-refractivity contribution is 6.17. The van der Waals surface area contributed by atoms with E-state index in [2.05, 4.69) is 169 Å². The quantitative estimate of drug-likeness (QED) is 0.163. The van der Waals surface area contributed by atoms with Crippen LogP contribution in [0.4, 0.5) is 17.1 Å². The van der Waals surface area contributed by atoms with Crippen LogP contribution in [0.15, 0.2) is 211 Å². The van der Waals surface area contributed by atoms with Crippen molar-refractivity contribution in [3.63, 3.8) is 0 Å². The lowest BCUT2D eigenvalue weighted by Gasteiger charge is -2.26. The Morgan fingerprint density at radius 2 is 0.810 bits per heavy atom. The molecule has 0 bridgehead atoms. The summed E-state index contributed by atoms with van der Waals surface area (Å²) in [7, 11) is 0. The normalized spacial score (nSPS) is 11.4. The molecule has 0 saturated carbocycles. The smallest absolute Gasteiger partial charge is 0.164 e. The number of nitrogens with zero attached hydrogens (tertiary/aromatic N) is 4. The molecule has 11 aromatic rings. The Bertz CT molecular complexity index is 3230. The van der Waals surface area contributed by atoms with Crippen LogP contribution in [0.1, 0.15) is 0 Å². The Balaban J connectivity index is 1.13. The summed E-state index contributed by atoms with van der Waals surface area (Å²) >= 11 is 0. The van der Waals surface area contributed by atoms with E-state index in [4.69, 9.17) is 19.4 Å². The van der Waals surface area contributed by atoms with Crippen LogP contribution in [-0.4, -0.2) is 15.0 Å². The van der Waals surface area contributed by atoms with Crippen molar-refractivity contribution in [2.75, 3.05) is 4.90 Å². The SMILES string of the molecule is c1ccc(-c2nc(-c3ccc(-c4ccc5ccccc5c4)cc3)nc(-c3cc(N(c4ccccc4)c4ccccc4)c4c(c3)oc3cc5ccccc5cc34)n2)cc1. The van der Waals surface area contributed by atoms with E-state index in [-0.39, 0.29) is 0 Å². The van der Waals surface area contributed by atoms with Crippen molar-refractivity contribution in [2.45, 2.75) is 0 Å². The predicted molar refractivity (Wildman–Crippen MR) is 239 cm³/mol. The molecule has 0 radical (unpaired) electrons. The molecule has 0 N–H and O–H groups in total. The first-order valence-electron chi connectivity index (χ1n) is 19.4. The van der Waals surface area contributed by atoms with Gasteiger partial charge in [-0.15, -0.1) is 0 Å². The lowest BCUT2D eigenvalue weighted by molar-refractivity contribution is 0.669. The molecule has 0 aliphatic rings. The first kappa shape index (κ1) is 33.4. The van der Waals surface area contributed by atoms with Crippen molar-refractivity contribution in [1.82, 2.24) is 15.0 Å². The third-order valence-electron chi connectivity index (χ3n) is 10.8. The molecule has 11 rings (SSSR count). The summed E-state index contributed by atoms with van der Waals surface area (Å²) < 4.78 is 6.80. The molecule has 2 aromatic heterocycles. The van der Waals surface area contributed by atoms with E-state index >= 15 is 0 Å². The molecule has 58 heavy (non-hydrogen) atoms. The topological polar surface area (TPSA) is 55.1 Å². The fourth-order valence-electron chi connectivity index (χ4n) is 7.99. The van der Waals surface area contributed by atoms with Crippen LogP contribution in [0.25, 0.3) is 88.8 Å². The number of hydrogen-bond donors (Lipinski definition) is 0. The van der Waals surface area contributed by atoms with Gasteiger partial charge in [0.25, 0.3) is 0 Å². The first-order chi connectivity index (χ1) is 28.7. The molecule has 5 nitrogen and oxygen atoms in total. The summed E-state index contributed by atoms with van der Waals surface area (Å²) in [5.41, 5.74) is 9.49. The fraction of sp³-hybridized carbons (Fsp3) is 0. The van der Waals surface area contributed by atoms with E-state index in [1.165, 1.54) is 10.8 Å². The van der Waals surface area contributed by atoms with Gasteiger partial charge < -0.3 is 9.32 Å². The molecule has 0 fully saturated rings. The Labute approximate surface area is 335 Å². The Hall–Kier alpha value is -7.89. The first-order valence-corrected chi connectivity index (χ1v) is 19.4. The highest BCUT2D eigenvalue weighted by Crippen LogP contribution is 2.45. The lowest BCUT2D eigenvalue weighted by Crippen LogP contribution is -2.10. The second-order valence-electron chi connectivity index (χ2n) is 14.5. The molecule has 0 aliphatic carbocycles. The summed E-state index contributed by atoms with van der Waals surface area (Å²) in [6, 6.07) is 71.6. The van der Waals surface area contributed by atoms with Crippen molar-refractivity contribution in [2.24, 2.45) is 0 Å². The minimum absolute atomic E-state index is 0.553. The van der Waals surface area contributed by atoms with E-state index in [9.17, 15) is 0 Å². The molecule has 5 heteroatoms. The number of aromatic nitrogens is 3. The minimum atomic E-state index is 0.553. The molecule has 0 unspecified atom stereocenters. The molecule has 0 aliphatic heterocycles. The maximum absolute atomic E-state index is 6.80. The number of rotatable bonds is 7. The second-order valence-corrected chi connectivity index (χ2v) is 14.5. The standard InChI is InChI=1S/C53H34N4O/c1-4-15-37(16-5-1)51-54-52(38-27-24-36(25-28-38)42-29-26-35-14-10-11-17-39(35)30-42)56-53(55-51)43-32-47(57(44-20-6-2-7-21-44)45-22-8-3-9-23-45)50-46-31-40-18-12-13-19-41(40)33-48(46)58-49(50)34-43/h1-34H. The summed E-state index contributed by atoms with van der Waals surface area (Å²) in [5.74, 6) is 1.74. The van der Waals surface area contributed by atoms with Gasteiger partial charge in [-0.2, -0.15) is 0 Å². The van der Waals surface area contributed by atoms with Crippen LogP contribution < -0.4 is 4.90 Å². The van der Waals surface area contributed by atoms with E-state index in [0.29, 0.717) is 17.5 Å². The molecule has 272 valence electrons. The Morgan fingerprint density at radius 1 is 0.328 bits per heavy atom. The molecule has 9 aromatic carbocycles. The van der Waals surface area contributed by atoms with Crippen LogP contribution in [0, 0.1) is 0 Å². The van der Waals surface area contributed by atoms with Crippen LogP contribution >= 0.6 is 0 Å². The van der Waals surface area contributed by atoms with Crippen LogP contribution in [0.5, 0.6) is 0 Å². The molecule has 0 saturated heterocycles. The monoisotopic (exact) mass is 742 g/mol. The van der Waals surface area contributed by atoms with Gasteiger partial charge in [-0.05, 0) is 87.3 Å². The number of anilines is 3. The number of benzene rings is 9. The molecule has 2 heterocycles. The minimum Gasteiger partial charge on any atom is -0.456 e. The fourth-order valence-corrected chi connectivity index (χ4v) is 7.99. The van der Waals surface area contributed by atoms with Crippen molar-refractivity contribution >= 4 is 60.5 Å². The van der Waals surface area contributed by atoms with E-state index in [0.717, 1.165) is 77.6 Å². The van der Waals surface area contributed by atoms with Crippen molar-refractivity contribution < 1.29 is 4.42 Å². The Morgan fingerprint density at radius 3 is 1.45 bits per heavy atom. The zero-order valence-corrected chi connectivity index (χ0v) is 31.3. The highest BCUT2D eigenvalue weighted by atomic mass is 16.3. The van der Waals surface area contributed by atoms with Gasteiger partial charge in [0.2, 0.25) is 0 Å². The van der Waals surface area contributed by atoms with Gasteiger partial charge in [0.05, 0.1) is 11.1 Å². The third kappa shape index (κ3) is 6.03. The van der Waals surface area contributed by atoms with Crippen LogP contribution in [-0.2, 0) is 0 Å². The molecular weight excluding hydrogens is 709 g/mol. The largest absolute Gasteiger partial charge is 0.456 e. The summed E-state index contributed by atoms with van der Waals surface area (Å²) in [5, 5.41) is 6.77. The molecule has 0 amide bonds. The lowest BCUT2D eigenvalue weighted by atomic mass is 10.00. The maximum Gasteiger partial charge on any atom is 0.164 e. The Kier molecular flexibility index (Phi) is 8.07. The number of para-hydroxylation sites is 2. The molecule has 0 spiro atoms. The van der Waals surface area contributed by atoms with E-state index in [1.54, 1.807) is 0 Å². The highest BCUT2D eigenvalue weighted by Gasteiger charge is 2.23. The van der Waals surface area contributed by atoms with Gasteiger partial charge >= 0.3 is 0 Å². The van der Waals surface area contributed by atoms with Gasteiger partial charge in [-0.25, -0.2) is 15.0 Å². The van der Waals surface area contributed by atoms with Crippen LogP contribution in [0.3, 0.4) is 0 Å². The summed E-state index contributed by atoms with van der Waals surface area (Å²) in [6.45, 7) is 0. The van der Waals surface area contributed by atoms with Gasteiger partial charge in [-0.1, -0.05) is 152 Å². The number of fused-ring (bicyclic) bond motifs is 5. The van der Waals surface area contributed by atoms with Gasteiger partial charge in [-0.3, -0.25) is 0 Å². The van der Waals surface area contributed by atoms with E-state index in [1.807, 2.05) is 42.5 Å².